The number of allylic oxidation sites excluding steroid dienone is 3. The van der Waals surface area contributed by atoms with Crippen LogP contribution in [0.3, 0.4) is 0 Å². The van der Waals surface area contributed by atoms with Crippen molar-refractivity contribution in [2.75, 3.05) is 0 Å². The third kappa shape index (κ3) is 2.96. The quantitative estimate of drug-likeness (QED) is 0.893. The van der Waals surface area contributed by atoms with Crippen molar-refractivity contribution in [1.29, 1.82) is 0 Å². The minimum absolute atomic E-state index is 0.0513. The molecule has 1 atom stereocenters. The molecular formula is C18H20O4. The second-order valence-electron chi connectivity index (χ2n) is 5.82. The molecule has 0 aromatic heterocycles. The van der Waals surface area contributed by atoms with E-state index in [1.165, 1.54) is 0 Å². The third-order valence-corrected chi connectivity index (χ3v) is 4.42. The summed E-state index contributed by atoms with van der Waals surface area (Å²) in [6.07, 6.45) is 2.55. The highest BCUT2D eigenvalue weighted by molar-refractivity contribution is 5.91. The third-order valence-electron chi connectivity index (χ3n) is 4.42. The Morgan fingerprint density at radius 2 is 1.82 bits per heavy atom. The maximum Gasteiger partial charge on any atom is 0.331 e. The smallest absolute Gasteiger partial charge is 0.331 e. The SMILES string of the molecule is CC=C1CC(Cc2ccccc2)(C(=O)O)CC(C(=O)O)=C1C. The van der Waals surface area contributed by atoms with Gasteiger partial charge in [-0.3, -0.25) is 4.79 Å². The summed E-state index contributed by atoms with van der Waals surface area (Å²) in [5.74, 6) is -1.97. The molecule has 0 saturated heterocycles. The van der Waals surface area contributed by atoms with Gasteiger partial charge < -0.3 is 10.2 Å². The summed E-state index contributed by atoms with van der Waals surface area (Å²) in [4.78, 5) is 23.5. The second kappa shape index (κ2) is 6.18. The fourth-order valence-electron chi connectivity index (χ4n) is 3.12. The number of aliphatic carboxylic acids is 2. The molecule has 1 unspecified atom stereocenters. The van der Waals surface area contributed by atoms with Gasteiger partial charge in [0, 0.05) is 5.57 Å². The van der Waals surface area contributed by atoms with Crippen molar-refractivity contribution in [2.24, 2.45) is 5.41 Å². The summed E-state index contributed by atoms with van der Waals surface area (Å²) in [5.41, 5.74) is 1.51. The lowest BCUT2D eigenvalue weighted by Crippen LogP contribution is -2.38. The molecule has 22 heavy (non-hydrogen) atoms. The van der Waals surface area contributed by atoms with Gasteiger partial charge in [-0.25, -0.2) is 4.79 Å². The van der Waals surface area contributed by atoms with E-state index in [2.05, 4.69) is 0 Å². The van der Waals surface area contributed by atoms with Gasteiger partial charge >= 0.3 is 11.9 Å². The molecule has 0 bridgehead atoms. The van der Waals surface area contributed by atoms with Crippen LogP contribution in [0.15, 0.2) is 53.1 Å². The molecule has 4 heteroatoms. The molecule has 0 radical (unpaired) electrons. The largest absolute Gasteiger partial charge is 0.481 e. The zero-order chi connectivity index (χ0) is 16.3. The molecule has 0 heterocycles. The highest BCUT2D eigenvalue weighted by Crippen LogP contribution is 2.44. The summed E-state index contributed by atoms with van der Waals surface area (Å²) in [6, 6.07) is 9.37. The average molecular weight is 300 g/mol. The van der Waals surface area contributed by atoms with E-state index in [-0.39, 0.29) is 12.0 Å². The van der Waals surface area contributed by atoms with Gasteiger partial charge in [0.25, 0.3) is 0 Å². The minimum Gasteiger partial charge on any atom is -0.481 e. The topological polar surface area (TPSA) is 74.6 Å². The van der Waals surface area contributed by atoms with Crippen LogP contribution in [0.25, 0.3) is 0 Å². The van der Waals surface area contributed by atoms with E-state index in [1.807, 2.05) is 43.3 Å². The van der Waals surface area contributed by atoms with Crippen molar-refractivity contribution in [2.45, 2.75) is 33.1 Å². The molecule has 0 fully saturated rings. The summed E-state index contributed by atoms with van der Waals surface area (Å²) in [6.45, 7) is 3.58. The Morgan fingerprint density at radius 3 is 2.32 bits per heavy atom. The van der Waals surface area contributed by atoms with E-state index in [4.69, 9.17) is 0 Å². The number of carboxylic acids is 2. The Morgan fingerprint density at radius 1 is 1.18 bits per heavy atom. The van der Waals surface area contributed by atoms with Crippen LogP contribution in [0.1, 0.15) is 32.3 Å². The van der Waals surface area contributed by atoms with E-state index in [9.17, 15) is 19.8 Å². The first kappa shape index (κ1) is 16.0. The second-order valence-corrected chi connectivity index (χ2v) is 5.82. The lowest BCUT2D eigenvalue weighted by molar-refractivity contribution is -0.149. The lowest BCUT2D eigenvalue weighted by Gasteiger charge is -2.36. The van der Waals surface area contributed by atoms with Crippen LogP contribution in [0.4, 0.5) is 0 Å². The molecule has 1 aromatic carbocycles. The van der Waals surface area contributed by atoms with E-state index in [1.54, 1.807) is 6.92 Å². The molecule has 1 aliphatic rings. The maximum absolute atomic E-state index is 12.0. The first-order valence-corrected chi connectivity index (χ1v) is 7.25. The predicted molar refractivity (Wildman–Crippen MR) is 83.5 cm³/mol. The van der Waals surface area contributed by atoms with Gasteiger partial charge in [-0.1, -0.05) is 36.4 Å². The Bertz CT molecular complexity index is 655. The fourth-order valence-corrected chi connectivity index (χ4v) is 3.12. The van der Waals surface area contributed by atoms with Crippen molar-refractivity contribution >= 4 is 11.9 Å². The van der Waals surface area contributed by atoms with Gasteiger partial charge in [-0.15, -0.1) is 0 Å². The summed E-state index contributed by atoms with van der Waals surface area (Å²) in [5, 5.41) is 19.2. The van der Waals surface area contributed by atoms with Crippen molar-refractivity contribution in [3.8, 4) is 0 Å². The van der Waals surface area contributed by atoms with Crippen molar-refractivity contribution < 1.29 is 19.8 Å². The minimum atomic E-state index is -1.10. The molecule has 0 amide bonds. The average Bonchev–Trinajstić information content (AvgIpc) is 2.49. The van der Waals surface area contributed by atoms with E-state index in [0.717, 1.165) is 11.1 Å². The van der Waals surface area contributed by atoms with Crippen LogP contribution in [-0.4, -0.2) is 22.2 Å². The van der Waals surface area contributed by atoms with Gasteiger partial charge in [0.15, 0.2) is 0 Å². The van der Waals surface area contributed by atoms with Crippen LogP contribution in [0, 0.1) is 5.41 Å². The van der Waals surface area contributed by atoms with E-state index < -0.39 is 17.4 Å². The fraction of sp³-hybridized carbons (Fsp3) is 0.333. The van der Waals surface area contributed by atoms with Crippen molar-refractivity contribution in [1.82, 2.24) is 0 Å². The van der Waals surface area contributed by atoms with Crippen molar-refractivity contribution in [3.63, 3.8) is 0 Å². The van der Waals surface area contributed by atoms with Gasteiger partial charge in [0.05, 0.1) is 5.41 Å². The van der Waals surface area contributed by atoms with E-state index in [0.29, 0.717) is 18.4 Å². The molecule has 1 aromatic rings. The van der Waals surface area contributed by atoms with Crippen LogP contribution in [0.5, 0.6) is 0 Å². The van der Waals surface area contributed by atoms with Gasteiger partial charge in [-0.2, -0.15) is 0 Å². The summed E-state index contributed by atoms with van der Waals surface area (Å²) >= 11 is 0. The monoisotopic (exact) mass is 300 g/mol. The number of hydrogen-bond donors (Lipinski definition) is 2. The number of rotatable bonds is 4. The van der Waals surface area contributed by atoms with Gasteiger partial charge in [-0.05, 0) is 49.8 Å². The first-order chi connectivity index (χ1) is 10.4. The number of carbonyl (C=O) groups is 2. The molecular weight excluding hydrogens is 280 g/mol. The number of benzene rings is 1. The van der Waals surface area contributed by atoms with E-state index >= 15 is 0 Å². The predicted octanol–water partition coefficient (Wildman–Crippen LogP) is 3.44. The normalized spacial score (nSPS) is 23.6. The zero-order valence-electron chi connectivity index (χ0n) is 12.8. The highest BCUT2D eigenvalue weighted by Gasteiger charge is 2.44. The molecule has 0 aliphatic heterocycles. The molecule has 1 aliphatic carbocycles. The van der Waals surface area contributed by atoms with Gasteiger partial charge in [0.1, 0.15) is 0 Å². The number of carboxylic acid groups (broad SMARTS) is 2. The molecule has 4 nitrogen and oxygen atoms in total. The van der Waals surface area contributed by atoms with Crippen LogP contribution in [0.2, 0.25) is 0 Å². The zero-order valence-corrected chi connectivity index (χ0v) is 12.8. The molecule has 116 valence electrons. The Kier molecular flexibility index (Phi) is 4.50. The maximum atomic E-state index is 12.0. The molecule has 2 rings (SSSR count). The molecule has 2 N–H and O–H groups in total. The van der Waals surface area contributed by atoms with Gasteiger partial charge in [0.2, 0.25) is 0 Å². The Hall–Kier alpha value is -2.36. The van der Waals surface area contributed by atoms with Crippen LogP contribution >= 0.6 is 0 Å². The van der Waals surface area contributed by atoms with Crippen molar-refractivity contribution in [3.05, 3.63) is 58.7 Å². The highest BCUT2D eigenvalue weighted by atomic mass is 16.4. The lowest BCUT2D eigenvalue weighted by atomic mass is 9.66. The standard InChI is InChI=1S/C18H20O4/c1-3-14-10-18(17(21)22,9-13-7-5-4-6-8-13)11-15(12(14)2)16(19)20/h3-8H,9-11H2,1-2H3,(H,19,20)(H,21,22). The first-order valence-electron chi connectivity index (χ1n) is 7.25. The van der Waals surface area contributed by atoms with Crippen LogP contribution in [-0.2, 0) is 16.0 Å². The summed E-state index contributed by atoms with van der Waals surface area (Å²) < 4.78 is 0. The number of hydrogen-bond acceptors (Lipinski definition) is 2. The Labute approximate surface area is 129 Å². The molecule has 0 spiro atoms. The summed E-state index contributed by atoms with van der Waals surface area (Å²) in [7, 11) is 0. The van der Waals surface area contributed by atoms with Crippen LogP contribution < -0.4 is 0 Å². The molecule has 0 saturated carbocycles. The Balaban J connectivity index is 2.49.